The van der Waals surface area contributed by atoms with Crippen molar-refractivity contribution in [3.63, 3.8) is 0 Å². The van der Waals surface area contributed by atoms with Crippen molar-refractivity contribution in [2.45, 2.75) is 12.8 Å². The largest absolute Gasteiger partial charge is 0.497 e. The molecule has 0 unspecified atom stereocenters. The van der Waals surface area contributed by atoms with Crippen LogP contribution in [0.25, 0.3) is 11.3 Å². The molecule has 30 heavy (non-hydrogen) atoms. The highest BCUT2D eigenvalue weighted by molar-refractivity contribution is 5.98. The van der Waals surface area contributed by atoms with E-state index in [0.717, 1.165) is 0 Å². The third-order valence-electron chi connectivity index (χ3n) is 5.47. The number of hydrogen-bond acceptors (Lipinski definition) is 4. The van der Waals surface area contributed by atoms with Gasteiger partial charge in [-0.15, -0.1) is 0 Å². The van der Waals surface area contributed by atoms with E-state index in [-0.39, 0.29) is 29.2 Å². The summed E-state index contributed by atoms with van der Waals surface area (Å²) >= 11 is 0. The number of likely N-dealkylation sites (tertiary alicyclic amines) is 1. The average Bonchev–Trinajstić information content (AvgIpc) is 3.29. The Kier molecular flexibility index (Phi) is 5.65. The van der Waals surface area contributed by atoms with E-state index < -0.39 is 0 Å². The number of halogens is 1. The van der Waals surface area contributed by atoms with Gasteiger partial charge in [0.2, 0.25) is 0 Å². The number of ether oxygens (including phenoxy) is 1. The molecule has 1 saturated heterocycles. The SMILES string of the molecule is COc1ccc(C(=O)C2CCN(C(=O)c3ccc(-c4ccc(F)cc4)o3)CC2)cc1. The molecule has 5 nitrogen and oxygen atoms in total. The summed E-state index contributed by atoms with van der Waals surface area (Å²) in [5, 5.41) is 0. The number of rotatable bonds is 5. The van der Waals surface area contributed by atoms with Crippen molar-refractivity contribution in [1.29, 1.82) is 0 Å². The number of hydrogen-bond donors (Lipinski definition) is 0. The fraction of sp³-hybridized carbons (Fsp3) is 0.250. The van der Waals surface area contributed by atoms with Gasteiger partial charge in [0, 0.05) is 30.1 Å². The molecule has 4 rings (SSSR count). The molecule has 1 aliphatic heterocycles. The molecule has 0 aliphatic carbocycles. The molecular weight excluding hydrogens is 385 g/mol. The number of methoxy groups -OCH3 is 1. The molecule has 2 aromatic carbocycles. The molecule has 3 aromatic rings. The topological polar surface area (TPSA) is 59.8 Å². The van der Waals surface area contributed by atoms with Crippen LogP contribution in [0.1, 0.15) is 33.8 Å². The summed E-state index contributed by atoms with van der Waals surface area (Å²) in [6.07, 6.45) is 1.23. The maximum Gasteiger partial charge on any atom is 0.289 e. The van der Waals surface area contributed by atoms with Gasteiger partial charge in [0.15, 0.2) is 11.5 Å². The molecule has 1 fully saturated rings. The zero-order chi connectivity index (χ0) is 21.1. The molecule has 0 bridgehead atoms. The first-order valence-corrected chi connectivity index (χ1v) is 9.88. The lowest BCUT2D eigenvalue weighted by Crippen LogP contribution is -2.40. The Hall–Kier alpha value is -3.41. The lowest BCUT2D eigenvalue weighted by Gasteiger charge is -2.30. The van der Waals surface area contributed by atoms with Crippen molar-refractivity contribution >= 4 is 11.7 Å². The number of nitrogens with zero attached hydrogens (tertiary/aromatic N) is 1. The summed E-state index contributed by atoms with van der Waals surface area (Å²) in [6, 6.07) is 16.4. The van der Waals surface area contributed by atoms with E-state index in [1.807, 2.05) is 0 Å². The molecule has 1 aromatic heterocycles. The van der Waals surface area contributed by atoms with Crippen molar-refractivity contribution in [2.24, 2.45) is 5.92 Å². The second-order valence-corrected chi connectivity index (χ2v) is 7.33. The Morgan fingerprint density at radius 3 is 2.27 bits per heavy atom. The third kappa shape index (κ3) is 4.13. The zero-order valence-corrected chi connectivity index (χ0v) is 16.6. The molecule has 6 heteroatoms. The number of carbonyl (C=O) groups is 2. The van der Waals surface area contributed by atoms with E-state index in [4.69, 9.17) is 9.15 Å². The highest BCUT2D eigenvalue weighted by atomic mass is 19.1. The number of benzene rings is 2. The molecule has 1 aliphatic rings. The summed E-state index contributed by atoms with van der Waals surface area (Å²) < 4.78 is 23.9. The first-order chi connectivity index (χ1) is 14.5. The Balaban J connectivity index is 1.37. The fourth-order valence-electron chi connectivity index (χ4n) is 3.71. The average molecular weight is 407 g/mol. The molecule has 0 N–H and O–H groups in total. The Morgan fingerprint density at radius 2 is 1.63 bits per heavy atom. The van der Waals surface area contributed by atoms with Crippen LogP contribution in [-0.4, -0.2) is 36.8 Å². The maximum atomic E-state index is 13.1. The number of furan rings is 1. The Bertz CT molecular complexity index is 1030. The van der Waals surface area contributed by atoms with Crippen LogP contribution in [0, 0.1) is 11.7 Å². The minimum absolute atomic E-state index is 0.0985. The van der Waals surface area contributed by atoms with E-state index in [0.29, 0.717) is 48.6 Å². The molecule has 0 radical (unpaired) electrons. The molecule has 1 amide bonds. The summed E-state index contributed by atoms with van der Waals surface area (Å²) in [7, 11) is 1.59. The van der Waals surface area contributed by atoms with Gasteiger partial charge in [-0.1, -0.05) is 0 Å². The zero-order valence-electron chi connectivity index (χ0n) is 16.6. The van der Waals surface area contributed by atoms with Gasteiger partial charge in [0.25, 0.3) is 5.91 Å². The van der Waals surface area contributed by atoms with Gasteiger partial charge in [-0.3, -0.25) is 9.59 Å². The summed E-state index contributed by atoms with van der Waals surface area (Å²) in [4.78, 5) is 27.2. The van der Waals surface area contributed by atoms with E-state index in [1.54, 1.807) is 60.5 Å². The number of carbonyl (C=O) groups excluding carboxylic acids is 2. The Labute approximate surface area is 174 Å². The molecular formula is C24H22FNO4. The Morgan fingerprint density at radius 1 is 0.967 bits per heavy atom. The summed E-state index contributed by atoms with van der Waals surface area (Å²) in [6.45, 7) is 0.996. The third-order valence-corrected chi connectivity index (χ3v) is 5.47. The van der Waals surface area contributed by atoms with Crippen LogP contribution in [0.3, 0.4) is 0 Å². The van der Waals surface area contributed by atoms with Gasteiger partial charge in [0.1, 0.15) is 17.3 Å². The van der Waals surface area contributed by atoms with Crippen LogP contribution in [0.5, 0.6) is 5.75 Å². The van der Waals surface area contributed by atoms with E-state index in [1.165, 1.54) is 12.1 Å². The summed E-state index contributed by atoms with van der Waals surface area (Å²) in [5.74, 6) is 0.949. The van der Waals surface area contributed by atoms with E-state index >= 15 is 0 Å². The van der Waals surface area contributed by atoms with Crippen molar-refractivity contribution in [3.8, 4) is 17.1 Å². The number of piperidine rings is 1. The van der Waals surface area contributed by atoms with Crippen molar-refractivity contribution < 1.29 is 23.1 Å². The van der Waals surface area contributed by atoms with Crippen molar-refractivity contribution in [1.82, 2.24) is 4.90 Å². The fourth-order valence-corrected chi connectivity index (χ4v) is 3.71. The van der Waals surface area contributed by atoms with Crippen LogP contribution in [0.15, 0.2) is 65.1 Å². The molecule has 0 atom stereocenters. The monoisotopic (exact) mass is 407 g/mol. The van der Waals surface area contributed by atoms with E-state index in [2.05, 4.69) is 0 Å². The van der Waals surface area contributed by atoms with Crippen molar-refractivity contribution in [2.75, 3.05) is 20.2 Å². The van der Waals surface area contributed by atoms with Crippen LogP contribution < -0.4 is 4.74 Å². The normalized spacial score (nSPS) is 14.5. The standard InChI is InChI=1S/C24H22FNO4/c1-29-20-8-4-17(5-9-20)23(27)18-12-14-26(15-13-18)24(28)22-11-10-21(30-22)16-2-6-19(25)7-3-16/h2-11,18H,12-15H2,1H3. The van der Waals surface area contributed by atoms with Gasteiger partial charge in [0.05, 0.1) is 7.11 Å². The van der Waals surface area contributed by atoms with Crippen molar-refractivity contribution in [3.05, 3.63) is 77.8 Å². The minimum Gasteiger partial charge on any atom is -0.497 e. The molecule has 0 spiro atoms. The van der Waals surface area contributed by atoms with Gasteiger partial charge < -0.3 is 14.1 Å². The van der Waals surface area contributed by atoms with Gasteiger partial charge >= 0.3 is 0 Å². The molecule has 154 valence electrons. The second kappa shape index (κ2) is 8.53. The maximum absolute atomic E-state index is 13.1. The van der Waals surface area contributed by atoms with Gasteiger partial charge in [-0.05, 0) is 73.5 Å². The number of ketones is 1. The first-order valence-electron chi connectivity index (χ1n) is 9.88. The molecule has 0 saturated carbocycles. The predicted molar refractivity (Wildman–Crippen MR) is 110 cm³/mol. The van der Waals surface area contributed by atoms with Crippen LogP contribution in [0.4, 0.5) is 4.39 Å². The second-order valence-electron chi connectivity index (χ2n) is 7.33. The summed E-state index contributed by atoms with van der Waals surface area (Å²) in [5.41, 5.74) is 1.37. The molecule has 2 heterocycles. The smallest absolute Gasteiger partial charge is 0.289 e. The highest BCUT2D eigenvalue weighted by Crippen LogP contribution is 2.26. The lowest BCUT2D eigenvalue weighted by molar-refractivity contribution is 0.0625. The van der Waals surface area contributed by atoms with Crippen LogP contribution in [-0.2, 0) is 0 Å². The van der Waals surface area contributed by atoms with E-state index in [9.17, 15) is 14.0 Å². The van der Waals surface area contributed by atoms with Crippen LogP contribution >= 0.6 is 0 Å². The first kappa shape index (κ1) is 19.9. The minimum atomic E-state index is -0.325. The van der Waals surface area contributed by atoms with Gasteiger partial charge in [-0.25, -0.2) is 4.39 Å². The van der Waals surface area contributed by atoms with Gasteiger partial charge in [-0.2, -0.15) is 0 Å². The predicted octanol–water partition coefficient (Wildman–Crippen LogP) is 4.83. The number of amides is 1. The lowest BCUT2D eigenvalue weighted by atomic mass is 9.89. The highest BCUT2D eigenvalue weighted by Gasteiger charge is 2.29. The van der Waals surface area contributed by atoms with Crippen LogP contribution in [0.2, 0.25) is 0 Å². The number of Topliss-reactive ketones (excluding diaryl/α,β-unsaturated/α-hetero) is 1. The quantitative estimate of drug-likeness (QED) is 0.569.